The fraction of sp³-hybridized carbons (Fsp3) is 0.333. The molecule has 4 heteroatoms. The molecule has 22 heavy (non-hydrogen) atoms. The number of thiophene rings is 1. The third-order valence-electron chi connectivity index (χ3n) is 4.04. The lowest BCUT2D eigenvalue weighted by atomic mass is 9.96. The summed E-state index contributed by atoms with van der Waals surface area (Å²) in [5, 5.41) is 10.3. The van der Waals surface area contributed by atoms with Crippen LogP contribution in [0.1, 0.15) is 41.3 Å². The van der Waals surface area contributed by atoms with Crippen LogP contribution in [0.15, 0.2) is 29.3 Å². The molecule has 2 aromatic rings. The summed E-state index contributed by atoms with van der Waals surface area (Å²) in [7, 11) is 1.66. The molecule has 0 atom stereocenters. The lowest BCUT2D eigenvalue weighted by molar-refractivity contribution is 0.415. The van der Waals surface area contributed by atoms with Crippen LogP contribution in [0.25, 0.3) is 0 Å². The predicted octanol–water partition coefficient (Wildman–Crippen LogP) is 4.65. The maximum absolute atomic E-state index is 9.49. The largest absolute Gasteiger partial charge is 0.497 e. The van der Waals surface area contributed by atoms with E-state index >= 15 is 0 Å². The Hall–Kier alpha value is -2.12. The lowest BCUT2D eigenvalue weighted by Gasteiger charge is -2.09. The van der Waals surface area contributed by atoms with Crippen molar-refractivity contribution in [3.63, 3.8) is 0 Å². The van der Waals surface area contributed by atoms with E-state index in [2.05, 4.69) is 6.07 Å². The molecule has 1 heterocycles. The summed E-state index contributed by atoms with van der Waals surface area (Å²) in [6.07, 6.45) is 4.51. The van der Waals surface area contributed by atoms with Crippen molar-refractivity contribution in [1.29, 1.82) is 5.26 Å². The van der Waals surface area contributed by atoms with E-state index in [1.165, 1.54) is 23.3 Å². The Morgan fingerprint density at radius 3 is 2.64 bits per heavy atom. The second-order valence-corrected chi connectivity index (χ2v) is 6.51. The van der Waals surface area contributed by atoms with Crippen molar-refractivity contribution in [2.24, 2.45) is 4.99 Å². The SMILES string of the molecule is COc1ccc(C(C)=Nc2sc3c(c2C#N)CCCC3)cc1. The zero-order valence-electron chi connectivity index (χ0n) is 12.8. The average molecular weight is 310 g/mol. The van der Waals surface area contributed by atoms with Crippen molar-refractivity contribution in [1.82, 2.24) is 0 Å². The minimum absolute atomic E-state index is 0.785. The van der Waals surface area contributed by atoms with Crippen molar-refractivity contribution in [2.45, 2.75) is 32.6 Å². The van der Waals surface area contributed by atoms with Gasteiger partial charge in [0.25, 0.3) is 0 Å². The maximum Gasteiger partial charge on any atom is 0.134 e. The van der Waals surface area contributed by atoms with Crippen LogP contribution in [0, 0.1) is 11.3 Å². The fourth-order valence-electron chi connectivity index (χ4n) is 2.79. The zero-order chi connectivity index (χ0) is 15.5. The summed E-state index contributed by atoms with van der Waals surface area (Å²) < 4.78 is 5.18. The molecule has 0 saturated carbocycles. The van der Waals surface area contributed by atoms with Gasteiger partial charge in [-0.15, -0.1) is 11.3 Å². The summed E-state index contributed by atoms with van der Waals surface area (Å²) >= 11 is 1.68. The monoisotopic (exact) mass is 310 g/mol. The Balaban J connectivity index is 1.97. The van der Waals surface area contributed by atoms with Crippen LogP contribution < -0.4 is 4.74 Å². The van der Waals surface area contributed by atoms with E-state index in [1.54, 1.807) is 18.4 Å². The summed E-state index contributed by atoms with van der Waals surface area (Å²) in [4.78, 5) is 6.08. The topological polar surface area (TPSA) is 45.4 Å². The standard InChI is InChI=1S/C18H18N2OS/c1-12(13-7-9-14(21-2)10-8-13)20-18-16(11-19)15-5-3-4-6-17(15)22-18/h7-10H,3-6H2,1-2H3. The Morgan fingerprint density at radius 2 is 1.95 bits per heavy atom. The highest BCUT2D eigenvalue weighted by Gasteiger charge is 2.20. The highest BCUT2D eigenvalue weighted by Crippen LogP contribution is 2.39. The zero-order valence-corrected chi connectivity index (χ0v) is 13.7. The molecule has 1 aromatic heterocycles. The second-order valence-electron chi connectivity index (χ2n) is 5.43. The molecule has 112 valence electrons. The summed E-state index contributed by atoms with van der Waals surface area (Å²) in [6, 6.07) is 10.2. The Kier molecular flexibility index (Phi) is 4.26. The molecule has 1 aromatic carbocycles. The summed E-state index contributed by atoms with van der Waals surface area (Å²) in [5.41, 5.74) is 4.00. The van der Waals surface area contributed by atoms with Gasteiger partial charge in [0, 0.05) is 10.6 Å². The van der Waals surface area contributed by atoms with E-state index in [0.717, 1.165) is 40.4 Å². The van der Waals surface area contributed by atoms with Gasteiger partial charge in [-0.2, -0.15) is 5.26 Å². The number of benzene rings is 1. The number of aliphatic imine (C=N–C) groups is 1. The number of nitriles is 1. The van der Waals surface area contributed by atoms with Crippen molar-refractivity contribution >= 4 is 22.0 Å². The number of hydrogen-bond donors (Lipinski definition) is 0. The van der Waals surface area contributed by atoms with Crippen LogP contribution in [0.5, 0.6) is 5.75 Å². The molecule has 3 nitrogen and oxygen atoms in total. The van der Waals surface area contributed by atoms with Crippen LogP contribution in [0.3, 0.4) is 0 Å². The van der Waals surface area contributed by atoms with Gasteiger partial charge in [-0.3, -0.25) is 0 Å². The quantitative estimate of drug-likeness (QED) is 0.775. The van der Waals surface area contributed by atoms with E-state index in [1.807, 2.05) is 31.2 Å². The van der Waals surface area contributed by atoms with E-state index in [9.17, 15) is 5.26 Å². The first-order chi connectivity index (χ1) is 10.7. The molecule has 0 fully saturated rings. The number of nitrogens with zero attached hydrogens (tertiary/aromatic N) is 2. The smallest absolute Gasteiger partial charge is 0.134 e. The third kappa shape index (κ3) is 2.77. The number of fused-ring (bicyclic) bond motifs is 1. The Bertz CT molecular complexity index is 751. The minimum atomic E-state index is 0.785. The average Bonchev–Trinajstić information content (AvgIpc) is 2.91. The predicted molar refractivity (Wildman–Crippen MR) is 90.5 cm³/mol. The van der Waals surface area contributed by atoms with Gasteiger partial charge >= 0.3 is 0 Å². The second kappa shape index (κ2) is 6.33. The van der Waals surface area contributed by atoms with E-state index in [4.69, 9.17) is 9.73 Å². The first kappa shape index (κ1) is 14.8. The molecule has 3 rings (SSSR count). The van der Waals surface area contributed by atoms with Gasteiger partial charge in [0.05, 0.1) is 12.7 Å². The van der Waals surface area contributed by atoms with Crippen molar-refractivity contribution in [2.75, 3.05) is 7.11 Å². The normalized spacial score (nSPS) is 14.3. The molecule has 0 radical (unpaired) electrons. The highest BCUT2D eigenvalue weighted by molar-refractivity contribution is 7.16. The molecule has 0 amide bonds. The van der Waals surface area contributed by atoms with Crippen molar-refractivity contribution < 1.29 is 4.74 Å². The van der Waals surface area contributed by atoms with Gasteiger partial charge in [-0.1, -0.05) is 0 Å². The third-order valence-corrected chi connectivity index (χ3v) is 5.23. The molecule has 0 spiro atoms. The van der Waals surface area contributed by atoms with Crippen LogP contribution >= 0.6 is 11.3 Å². The van der Waals surface area contributed by atoms with Gasteiger partial charge in [0.1, 0.15) is 16.8 Å². The lowest BCUT2D eigenvalue weighted by Crippen LogP contribution is -1.99. The number of methoxy groups -OCH3 is 1. The van der Waals surface area contributed by atoms with Crippen LogP contribution in [-0.2, 0) is 12.8 Å². The molecule has 0 unspecified atom stereocenters. The number of aryl methyl sites for hydroxylation is 1. The number of ether oxygens (including phenoxy) is 1. The molecular weight excluding hydrogens is 292 g/mol. The van der Waals surface area contributed by atoms with Gasteiger partial charge in [0.2, 0.25) is 0 Å². The fourth-order valence-corrected chi connectivity index (χ4v) is 4.06. The first-order valence-electron chi connectivity index (χ1n) is 7.47. The molecule has 0 N–H and O–H groups in total. The van der Waals surface area contributed by atoms with Crippen LogP contribution in [-0.4, -0.2) is 12.8 Å². The highest BCUT2D eigenvalue weighted by atomic mass is 32.1. The van der Waals surface area contributed by atoms with Crippen molar-refractivity contribution in [3.05, 3.63) is 45.8 Å². The first-order valence-corrected chi connectivity index (χ1v) is 8.29. The van der Waals surface area contributed by atoms with Crippen LogP contribution in [0.2, 0.25) is 0 Å². The van der Waals surface area contributed by atoms with E-state index in [-0.39, 0.29) is 0 Å². The van der Waals surface area contributed by atoms with Crippen molar-refractivity contribution in [3.8, 4) is 11.8 Å². The molecular formula is C18H18N2OS. The van der Waals surface area contributed by atoms with E-state index in [0.29, 0.717) is 0 Å². The molecule has 0 aliphatic heterocycles. The van der Waals surface area contributed by atoms with Crippen LogP contribution in [0.4, 0.5) is 5.00 Å². The Morgan fingerprint density at radius 1 is 1.23 bits per heavy atom. The van der Waals surface area contributed by atoms with Gasteiger partial charge in [-0.05, 0) is 68.0 Å². The molecule has 1 aliphatic carbocycles. The molecule has 0 bridgehead atoms. The molecule has 1 aliphatic rings. The summed E-state index contributed by atoms with van der Waals surface area (Å²) in [5.74, 6) is 0.834. The maximum atomic E-state index is 9.49. The van der Waals surface area contributed by atoms with Gasteiger partial charge in [0.15, 0.2) is 0 Å². The Labute approximate surface area is 134 Å². The number of hydrogen-bond acceptors (Lipinski definition) is 4. The van der Waals surface area contributed by atoms with Gasteiger partial charge in [-0.25, -0.2) is 4.99 Å². The minimum Gasteiger partial charge on any atom is -0.497 e. The number of rotatable bonds is 3. The van der Waals surface area contributed by atoms with E-state index < -0.39 is 0 Å². The molecule has 0 saturated heterocycles. The summed E-state index contributed by atoms with van der Waals surface area (Å²) in [6.45, 7) is 1.99. The van der Waals surface area contributed by atoms with Gasteiger partial charge < -0.3 is 4.74 Å².